The Balaban J connectivity index is 1.86. The number of carbonyl (C=O) groups is 1. The molecular weight excluding hydrogens is 304 g/mol. The first kappa shape index (κ1) is 13.7. The molecule has 1 unspecified atom stereocenters. The molecule has 2 aliphatic rings. The largest absolute Gasteiger partial charge is 0.492 e. The minimum atomic E-state index is -3.83. The van der Waals surface area contributed by atoms with Gasteiger partial charge in [0.15, 0.2) is 0 Å². The van der Waals surface area contributed by atoms with Gasteiger partial charge in [-0.1, -0.05) is 0 Å². The average molecular weight is 317 g/mol. The van der Waals surface area contributed by atoms with E-state index in [2.05, 4.69) is 0 Å². The van der Waals surface area contributed by atoms with Crippen LogP contribution in [0.25, 0.3) is 0 Å². The Kier molecular flexibility index (Phi) is 3.38. The third-order valence-electron chi connectivity index (χ3n) is 3.66. The number of benzene rings is 1. The number of fused-ring (bicyclic) bond motifs is 1. The molecular formula is C13H13ClO5S. The number of hydrogen-bond acceptors (Lipinski definition) is 5. The summed E-state index contributed by atoms with van der Waals surface area (Å²) in [7, 11) is 1.49. The fourth-order valence-corrected chi connectivity index (χ4v) is 3.06. The SMILES string of the molecule is O=C(OC1CCC1)C1COc2ccc(S(=O)(=O)Cl)cc21. The predicted octanol–water partition coefficient (Wildman–Crippen LogP) is 2.19. The van der Waals surface area contributed by atoms with E-state index in [-0.39, 0.29) is 23.6 Å². The molecule has 0 amide bonds. The maximum atomic E-state index is 12.1. The molecule has 20 heavy (non-hydrogen) atoms. The van der Waals surface area contributed by atoms with Crippen LogP contribution in [0.3, 0.4) is 0 Å². The molecule has 1 aromatic carbocycles. The maximum absolute atomic E-state index is 12.1. The van der Waals surface area contributed by atoms with Gasteiger partial charge in [0.25, 0.3) is 9.05 Å². The van der Waals surface area contributed by atoms with Crippen molar-refractivity contribution in [3.05, 3.63) is 23.8 Å². The zero-order chi connectivity index (χ0) is 14.3. The normalized spacial score (nSPS) is 21.8. The summed E-state index contributed by atoms with van der Waals surface area (Å²) in [6.07, 6.45) is 2.85. The van der Waals surface area contributed by atoms with E-state index in [1.165, 1.54) is 18.2 Å². The van der Waals surface area contributed by atoms with Crippen molar-refractivity contribution in [2.75, 3.05) is 6.61 Å². The van der Waals surface area contributed by atoms with Gasteiger partial charge in [-0.3, -0.25) is 4.79 Å². The van der Waals surface area contributed by atoms with Gasteiger partial charge in [-0.2, -0.15) is 0 Å². The quantitative estimate of drug-likeness (QED) is 0.631. The molecule has 1 saturated carbocycles. The summed E-state index contributed by atoms with van der Waals surface area (Å²) in [5.74, 6) is -0.439. The van der Waals surface area contributed by atoms with Crippen molar-refractivity contribution in [2.45, 2.75) is 36.2 Å². The highest BCUT2D eigenvalue weighted by Gasteiger charge is 2.35. The Morgan fingerprint density at radius 3 is 2.70 bits per heavy atom. The molecule has 0 aromatic heterocycles. The van der Waals surface area contributed by atoms with Crippen molar-refractivity contribution in [2.24, 2.45) is 0 Å². The number of rotatable bonds is 3. The number of hydrogen-bond donors (Lipinski definition) is 0. The Morgan fingerprint density at radius 2 is 2.10 bits per heavy atom. The van der Waals surface area contributed by atoms with E-state index in [1.54, 1.807) is 0 Å². The number of esters is 1. The number of halogens is 1. The van der Waals surface area contributed by atoms with Crippen LogP contribution in [0.5, 0.6) is 5.75 Å². The van der Waals surface area contributed by atoms with Gasteiger partial charge >= 0.3 is 5.97 Å². The fraction of sp³-hybridized carbons (Fsp3) is 0.462. The molecule has 1 aromatic rings. The highest BCUT2D eigenvalue weighted by atomic mass is 35.7. The van der Waals surface area contributed by atoms with Gasteiger partial charge in [-0.25, -0.2) is 8.42 Å². The van der Waals surface area contributed by atoms with Crippen LogP contribution in [0.4, 0.5) is 0 Å². The molecule has 5 nitrogen and oxygen atoms in total. The Bertz CT molecular complexity index is 651. The minimum Gasteiger partial charge on any atom is -0.492 e. The van der Waals surface area contributed by atoms with Crippen LogP contribution in [0.2, 0.25) is 0 Å². The molecule has 1 atom stereocenters. The van der Waals surface area contributed by atoms with Gasteiger partial charge < -0.3 is 9.47 Å². The summed E-state index contributed by atoms with van der Waals surface area (Å²) in [5.41, 5.74) is 0.524. The van der Waals surface area contributed by atoms with Crippen molar-refractivity contribution < 1.29 is 22.7 Å². The van der Waals surface area contributed by atoms with Crippen molar-refractivity contribution in [3.63, 3.8) is 0 Å². The summed E-state index contributed by atoms with van der Waals surface area (Å²) in [5, 5.41) is 0. The van der Waals surface area contributed by atoms with E-state index in [1.807, 2.05) is 0 Å². The second-order valence-electron chi connectivity index (χ2n) is 4.99. The highest BCUT2D eigenvalue weighted by molar-refractivity contribution is 8.13. The molecule has 0 bridgehead atoms. The average Bonchev–Trinajstić information content (AvgIpc) is 2.75. The zero-order valence-electron chi connectivity index (χ0n) is 10.5. The molecule has 1 aliphatic carbocycles. The van der Waals surface area contributed by atoms with Crippen molar-refractivity contribution >= 4 is 25.7 Å². The summed E-state index contributed by atoms with van der Waals surface area (Å²) in [6, 6.07) is 4.26. The molecule has 0 radical (unpaired) electrons. The summed E-state index contributed by atoms with van der Waals surface area (Å²) < 4.78 is 33.4. The number of carbonyl (C=O) groups excluding carboxylic acids is 1. The third-order valence-corrected chi connectivity index (χ3v) is 5.01. The van der Waals surface area contributed by atoms with E-state index in [4.69, 9.17) is 20.2 Å². The lowest BCUT2D eigenvalue weighted by Gasteiger charge is -2.26. The topological polar surface area (TPSA) is 69.7 Å². The lowest BCUT2D eigenvalue weighted by Crippen LogP contribution is -2.28. The van der Waals surface area contributed by atoms with Gasteiger partial charge in [-0.05, 0) is 37.5 Å². The summed E-state index contributed by atoms with van der Waals surface area (Å²) in [4.78, 5) is 12.1. The van der Waals surface area contributed by atoms with Gasteiger partial charge in [0.1, 0.15) is 24.4 Å². The standard InChI is InChI=1S/C13H13ClO5S/c14-20(16,17)9-4-5-12-10(6-9)11(7-18-12)13(15)19-8-2-1-3-8/h4-6,8,11H,1-3,7H2. The second-order valence-corrected chi connectivity index (χ2v) is 7.56. The third kappa shape index (κ3) is 2.50. The minimum absolute atomic E-state index is 0.00788. The molecule has 0 spiro atoms. The summed E-state index contributed by atoms with van der Waals surface area (Å²) in [6.45, 7) is 0.173. The lowest BCUT2D eigenvalue weighted by molar-refractivity contribution is -0.155. The first-order valence-electron chi connectivity index (χ1n) is 6.37. The molecule has 1 aliphatic heterocycles. The van der Waals surface area contributed by atoms with Crippen molar-refractivity contribution in [1.82, 2.24) is 0 Å². The molecule has 3 rings (SSSR count). The molecule has 1 fully saturated rings. The lowest BCUT2D eigenvalue weighted by atomic mass is 9.95. The van der Waals surface area contributed by atoms with Crippen LogP contribution in [0.15, 0.2) is 23.1 Å². The highest BCUT2D eigenvalue weighted by Crippen LogP contribution is 2.37. The smallest absolute Gasteiger partial charge is 0.317 e. The maximum Gasteiger partial charge on any atom is 0.317 e. The van der Waals surface area contributed by atoms with Gasteiger partial charge in [-0.15, -0.1) is 0 Å². The molecule has 7 heteroatoms. The number of ether oxygens (including phenoxy) is 2. The van der Waals surface area contributed by atoms with E-state index in [0.29, 0.717) is 11.3 Å². The first-order valence-corrected chi connectivity index (χ1v) is 8.68. The van der Waals surface area contributed by atoms with E-state index >= 15 is 0 Å². The Labute approximate surface area is 121 Å². The molecule has 0 saturated heterocycles. The van der Waals surface area contributed by atoms with Crippen LogP contribution in [0, 0.1) is 0 Å². The van der Waals surface area contributed by atoms with Crippen molar-refractivity contribution in [1.29, 1.82) is 0 Å². The Hall–Kier alpha value is -1.27. The van der Waals surface area contributed by atoms with Crippen LogP contribution >= 0.6 is 10.7 Å². The van der Waals surface area contributed by atoms with Gasteiger partial charge in [0.05, 0.1) is 4.90 Å². The first-order chi connectivity index (χ1) is 9.45. The monoisotopic (exact) mass is 316 g/mol. The van der Waals surface area contributed by atoms with Crippen LogP contribution in [0.1, 0.15) is 30.7 Å². The van der Waals surface area contributed by atoms with Crippen LogP contribution < -0.4 is 4.74 Å². The molecule has 0 N–H and O–H groups in total. The van der Waals surface area contributed by atoms with Crippen LogP contribution in [-0.4, -0.2) is 27.1 Å². The van der Waals surface area contributed by atoms with Gasteiger partial charge in [0, 0.05) is 16.2 Å². The van der Waals surface area contributed by atoms with Crippen molar-refractivity contribution in [3.8, 4) is 5.75 Å². The zero-order valence-corrected chi connectivity index (χ0v) is 12.1. The fourth-order valence-electron chi connectivity index (χ4n) is 2.27. The van der Waals surface area contributed by atoms with E-state index in [9.17, 15) is 13.2 Å². The van der Waals surface area contributed by atoms with E-state index in [0.717, 1.165) is 19.3 Å². The molecule has 1 heterocycles. The Morgan fingerprint density at radius 1 is 1.35 bits per heavy atom. The van der Waals surface area contributed by atoms with Gasteiger partial charge in [0.2, 0.25) is 0 Å². The van der Waals surface area contributed by atoms with E-state index < -0.39 is 15.0 Å². The second kappa shape index (κ2) is 4.93. The van der Waals surface area contributed by atoms with Crippen LogP contribution in [-0.2, 0) is 18.6 Å². The predicted molar refractivity (Wildman–Crippen MR) is 71.4 cm³/mol. The summed E-state index contributed by atoms with van der Waals surface area (Å²) >= 11 is 0. The molecule has 108 valence electrons.